The molecular formula is C22H20F3N5O3S. The normalized spacial score (nSPS) is 16.0. The summed E-state index contributed by atoms with van der Waals surface area (Å²) in [6, 6.07) is 2.73. The Kier molecular flexibility index (Phi) is 5.84. The first-order chi connectivity index (χ1) is 16.4. The Morgan fingerprint density at radius 1 is 1.12 bits per heavy atom. The summed E-state index contributed by atoms with van der Waals surface area (Å²) in [6.07, 6.45) is 3.25. The number of aryl methyl sites for hydroxylation is 1. The highest BCUT2D eigenvalue weighted by atomic mass is 32.2. The summed E-state index contributed by atoms with van der Waals surface area (Å²) < 4.78 is 49.0. The number of Topliss-reactive ketones (excluding diaryl/α,β-unsaturated/α-hetero) is 1. The number of nitrogens with zero attached hydrogens (tertiary/aromatic N) is 5. The third-order valence-corrected chi connectivity index (χ3v) is 7.06. The van der Waals surface area contributed by atoms with Gasteiger partial charge in [0.2, 0.25) is 11.4 Å². The van der Waals surface area contributed by atoms with Crippen molar-refractivity contribution in [2.24, 2.45) is 0 Å². The molecule has 3 aromatic rings. The topological polar surface area (TPSA) is 80.6 Å². The van der Waals surface area contributed by atoms with Crippen LogP contribution in [-0.2, 0) is 6.54 Å². The van der Waals surface area contributed by atoms with Crippen molar-refractivity contribution in [1.29, 1.82) is 0 Å². The summed E-state index contributed by atoms with van der Waals surface area (Å²) >= 11 is 1.17. The number of piperazine rings is 1. The lowest BCUT2D eigenvalue weighted by atomic mass is 10.1. The van der Waals surface area contributed by atoms with Crippen molar-refractivity contribution in [2.75, 3.05) is 41.7 Å². The second kappa shape index (κ2) is 8.82. The lowest BCUT2D eigenvalue weighted by Gasteiger charge is -2.37. The number of hydrogen-bond acceptors (Lipinski definition) is 8. The molecule has 34 heavy (non-hydrogen) atoms. The highest BCUT2D eigenvalue weighted by molar-refractivity contribution is 8.00. The highest BCUT2D eigenvalue weighted by Gasteiger charge is 2.33. The van der Waals surface area contributed by atoms with Crippen molar-refractivity contribution >= 4 is 40.1 Å². The van der Waals surface area contributed by atoms with E-state index in [0.717, 1.165) is 6.07 Å². The van der Waals surface area contributed by atoms with E-state index in [-0.39, 0.29) is 40.2 Å². The van der Waals surface area contributed by atoms with Crippen LogP contribution in [0.3, 0.4) is 0 Å². The molecule has 0 radical (unpaired) electrons. The van der Waals surface area contributed by atoms with Crippen LogP contribution in [0.2, 0.25) is 0 Å². The minimum Gasteiger partial charge on any atom is -0.430 e. The molecule has 1 aromatic carbocycles. The number of halogens is 3. The Morgan fingerprint density at radius 2 is 1.79 bits per heavy atom. The Balaban J connectivity index is 1.65. The SMILES string of the molecule is CCn1c2c(c(=O)c3cc(F)c(N4CCN(c5ncccn5)CC4)c(OC(F)F)c31)C(=O)CS2. The summed E-state index contributed by atoms with van der Waals surface area (Å²) in [7, 11) is 0. The number of carbonyl (C=O) groups is 1. The third-order valence-electron chi connectivity index (χ3n) is 5.96. The molecule has 0 amide bonds. The van der Waals surface area contributed by atoms with Crippen molar-refractivity contribution in [3.05, 3.63) is 46.1 Å². The largest absolute Gasteiger partial charge is 0.430 e. The van der Waals surface area contributed by atoms with Gasteiger partial charge in [-0.3, -0.25) is 9.59 Å². The maximum absolute atomic E-state index is 15.5. The van der Waals surface area contributed by atoms with E-state index in [1.807, 2.05) is 4.90 Å². The minimum atomic E-state index is -3.23. The molecule has 0 atom stereocenters. The van der Waals surface area contributed by atoms with E-state index in [9.17, 15) is 18.4 Å². The summed E-state index contributed by atoms with van der Waals surface area (Å²) in [6.45, 7) is 0.287. The summed E-state index contributed by atoms with van der Waals surface area (Å²) in [5.41, 5.74) is -0.748. The zero-order chi connectivity index (χ0) is 24.0. The minimum absolute atomic E-state index is 0.0222. The molecule has 8 nitrogen and oxygen atoms in total. The zero-order valence-corrected chi connectivity index (χ0v) is 18.9. The molecule has 0 bridgehead atoms. The fourth-order valence-electron chi connectivity index (χ4n) is 4.50. The molecule has 4 heterocycles. The fourth-order valence-corrected chi connectivity index (χ4v) is 5.64. The molecule has 0 saturated carbocycles. The second-order valence-corrected chi connectivity index (χ2v) is 8.76. The molecule has 1 saturated heterocycles. The van der Waals surface area contributed by atoms with Crippen LogP contribution in [0.4, 0.5) is 24.8 Å². The van der Waals surface area contributed by atoms with Crippen LogP contribution in [0.1, 0.15) is 17.3 Å². The monoisotopic (exact) mass is 491 g/mol. The maximum atomic E-state index is 15.5. The lowest BCUT2D eigenvalue weighted by molar-refractivity contribution is -0.0488. The average molecular weight is 491 g/mol. The Bertz CT molecular complexity index is 1330. The van der Waals surface area contributed by atoms with Gasteiger partial charge in [0.1, 0.15) is 5.69 Å². The van der Waals surface area contributed by atoms with Gasteiger partial charge in [0.25, 0.3) is 0 Å². The standard InChI is InChI=1S/C22H20F3N5O3S/c1-2-30-16-12(18(32)15-14(31)11-34-20(15)30)10-13(23)17(19(16)33-21(24)25)28-6-8-29(9-7-28)22-26-4-3-5-27-22/h3-5,10,21H,2,6-9,11H2,1H3. The van der Waals surface area contributed by atoms with Crippen molar-refractivity contribution in [1.82, 2.24) is 14.5 Å². The lowest BCUT2D eigenvalue weighted by Crippen LogP contribution is -2.47. The third kappa shape index (κ3) is 3.65. The number of anilines is 2. The fraction of sp³-hybridized carbons (Fsp3) is 0.364. The zero-order valence-electron chi connectivity index (χ0n) is 18.1. The number of fused-ring (bicyclic) bond motifs is 2. The maximum Gasteiger partial charge on any atom is 0.387 e. The van der Waals surface area contributed by atoms with Gasteiger partial charge < -0.3 is 19.1 Å². The first-order valence-electron chi connectivity index (χ1n) is 10.7. The van der Waals surface area contributed by atoms with E-state index in [2.05, 4.69) is 9.97 Å². The molecule has 5 rings (SSSR count). The van der Waals surface area contributed by atoms with Gasteiger partial charge in [-0.05, 0) is 19.1 Å². The number of hydrogen-bond donors (Lipinski definition) is 0. The van der Waals surface area contributed by atoms with E-state index in [1.54, 1.807) is 34.9 Å². The summed E-state index contributed by atoms with van der Waals surface area (Å²) in [4.78, 5) is 37.4. The van der Waals surface area contributed by atoms with E-state index >= 15 is 4.39 Å². The van der Waals surface area contributed by atoms with Crippen molar-refractivity contribution < 1.29 is 22.7 Å². The Hall–Kier alpha value is -3.28. The van der Waals surface area contributed by atoms with Crippen LogP contribution in [0.5, 0.6) is 5.75 Å². The molecule has 1 fully saturated rings. The molecule has 2 aliphatic heterocycles. The molecular weight excluding hydrogens is 471 g/mol. The van der Waals surface area contributed by atoms with Gasteiger partial charge in [0, 0.05) is 45.1 Å². The van der Waals surface area contributed by atoms with E-state index in [1.165, 1.54) is 11.8 Å². The number of benzene rings is 1. The molecule has 0 aliphatic carbocycles. The number of rotatable bonds is 5. The number of ketones is 1. The number of aromatic nitrogens is 3. The predicted molar refractivity (Wildman–Crippen MR) is 122 cm³/mol. The van der Waals surface area contributed by atoms with Gasteiger partial charge in [-0.2, -0.15) is 8.78 Å². The van der Waals surface area contributed by atoms with Crippen LogP contribution in [-0.4, -0.2) is 58.9 Å². The first kappa shape index (κ1) is 22.5. The van der Waals surface area contributed by atoms with Gasteiger partial charge in [0.15, 0.2) is 17.3 Å². The van der Waals surface area contributed by atoms with Gasteiger partial charge in [0.05, 0.1) is 27.2 Å². The van der Waals surface area contributed by atoms with Crippen molar-refractivity contribution in [3.63, 3.8) is 0 Å². The van der Waals surface area contributed by atoms with Crippen LogP contribution < -0.4 is 20.0 Å². The molecule has 12 heteroatoms. The summed E-state index contributed by atoms with van der Waals surface area (Å²) in [5, 5.41) is 0.248. The molecule has 0 spiro atoms. The first-order valence-corrected chi connectivity index (χ1v) is 11.7. The van der Waals surface area contributed by atoms with Gasteiger partial charge in [-0.15, -0.1) is 0 Å². The van der Waals surface area contributed by atoms with Crippen molar-refractivity contribution in [2.45, 2.75) is 25.1 Å². The quantitative estimate of drug-likeness (QED) is 0.539. The molecule has 2 aliphatic rings. The summed E-state index contributed by atoms with van der Waals surface area (Å²) in [5.74, 6) is -0.997. The van der Waals surface area contributed by atoms with Crippen LogP contribution in [0.25, 0.3) is 10.9 Å². The average Bonchev–Trinajstić information content (AvgIpc) is 3.22. The van der Waals surface area contributed by atoms with Gasteiger partial charge in [-0.1, -0.05) is 11.8 Å². The van der Waals surface area contributed by atoms with Gasteiger partial charge in [-0.25, -0.2) is 14.4 Å². The van der Waals surface area contributed by atoms with Crippen LogP contribution in [0, 0.1) is 5.82 Å². The predicted octanol–water partition coefficient (Wildman–Crippen LogP) is 3.17. The van der Waals surface area contributed by atoms with E-state index < -0.39 is 23.6 Å². The molecule has 178 valence electrons. The molecule has 2 aromatic heterocycles. The van der Waals surface area contributed by atoms with Crippen LogP contribution >= 0.6 is 11.8 Å². The Labute approximate surface area is 196 Å². The van der Waals surface area contributed by atoms with E-state index in [0.29, 0.717) is 37.2 Å². The second-order valence-electron chi connectivity index (χ2n) is 7.80. The smallest absolute Gasteiger partial charge is 0.387 e. The van der Waals surface area contributed by atoms with E-state index in [4.69, 9.17) is 4.74 Å². The van der Waals surface area contributed by atoms with Gasteiger partial charge >= 0.3 is 6.61 Å². The Morgan fingerprint density at radius 3 is 2.44 bits per heavy atom. The number of pyridine rings is 1. The number of alkyl halides is 2. The number of carbonyl (C=O) groups excluding carboxylic acids is 1. The number of ether oxygens (including phenoxy) is 1. The van der Waals surface area contributed by atoms with Crippen LogP contribution in [0.15, 0.2) is 34.3 Å². The van der Waals surface area contributed by atoms with Crippen molar-refractivity contribution in [3.8, 4) is 5.75 Å². The molecule has 0 N–H and O–H groups in total. The molecule has 0 unspecified atom stereocenters. The number of thioether (sulfide) groups is 1. The highest BCUT2D eigenvalue weighted by Crippen LogP contribution is 2.42.